The lowest BCUT2D eigenvalue weighted by atomic mass is 9.85. The van der Waals surface area contributed by atoms with Gasteiger partial charge in [0.1, 0.15) is 11.2 Å². The first-order valence-electron chi connectivity index (χ1n) is 13.4. The first-order valence-corrected chi connectivity index (χ1v) is 13.4. The molecule has 1 N–H and O–H groups in total. The largest absolute Gasteiger partial charge is 0.460 e. The number of amides is 1. The molecule has 0 spiro atoms. The van der Waals surface area contributed by atoms with Gasteiger partial charge in [-0.3, -0.25) is 4.79 Å². The third-order valence-corrected chi connectivity index (χ3v) is 6.86. The number of hydrogen-bond acceptors (Lipinski definition) is 5. The molecule has 1 aromatic carbocycles. The first-order chi connectivity index (χ1) is 16.4. The molecule has 1 aromatic rings. The molecule has 0 unspecified atom stereocenters. The van der Waals surface area contributed by atoms with Crippen LogP contribution in [0.3, 0.4) is 0 Å². The molecule has 0 bridgehead atoms. The molecule has 196 valence electrons. The van der Waals surface area contributed by atoms with Crippen LogP contribution in [0.2, 0.25) is 0 Å². The average molecular weight is 487 g/mol. The number of carbonyl (C=O) groups excluding carboxylic acids is 2. The number of rotatable bonds is 7. The molecule has 2 fully saturated rings. The van der Waals surface area contributed by atoms with Crippen LogP contribution < -0.4 is 5.32 Å². The first kappa shape index (κ1) is 27.3. The van der Waals surface area contributed by atoms with Gasteiger partial charge in [0, 0.05) is 25.3 Å². The summed E-state index contributed by atoms with van der Waals surface area (Å²) in [6.45, 7) is 13.4. The van der Waals surface area contributed by atoms with Crippen molar-refractivity contribution in [3.05, 3.63) is 29.8 Å². The molecule has 0 aromatic heterocycles. The molecular weight excluding hydrogens is 440 g/mol. The maximum absolute atomic E-state index is 13.3. The van der Waals surface area contributed by atoms with Crippen molar-refractivity contribution in [2.24, 2.45) is 17.8 Å². The molecule has 1 saturated carbocycles. The van der Waals surface area contributed by atoms with Gasteiger partial charge in [-0.25, -0.2) is 4.79 Å². The second-order valence-corrected chi connectivity index (χ2v) is 12.4. The summed E-state index contributed by atoms with van der Waals surface area (Å²) in [7, 11) is 0. The molecule has 1 heterocycles. The fourth-order valence-electron chi connectivity index (χ4n) is 5.14. The van der Waals surface area contributed by atoms with Crippen LogP contribution in [0.1, 0.15) is 85.6 Å². The summed E-state index contributed by atoms with van der Waals surface area (Å²) < 4.78 is 11.4. The van der Waals surface area contributed by atoms with Crippen LogP contribution in [0, 0.1) is 17.8 Å². The van der Waals surface area contributed by atoms with E-state index in [1.165, 1.54) is 32.1 Å². The fraction of sp³-hybridized carbons (Fsp3) is 0.724. The van der Waals surface area contributed by atoms with Crippen LogP contribution in [-0.2, 0) is 20.7 Å². The van der Waals surface area contributed by atoms with E-state index in [0.29, 0.717) is 19.5 Å². The number of carbonyl (C=O) groups is 2. The Bertz CT molecular complexity index is 849. The number of ether oxygens (including phenoxy) is 2. The Morgan fingerprint density at radius 3 is 2.34 bits per heavy atom. The van der Waals surface area contributed by atoms with E-state index in [4.69, 9.17) is 9.47 Å². The average Bonchev–Trinajstić information content (AvgIpc) is 3.25. The van der Waals surface area contributed by atoms with Crippen molar-refractivity contribution in [3.63, 3.8) is 0 Å². The fourth-order valence-corrected chi connectivity index (χ4v) is 5.14. The monoisotopic (exact) mass is 486 g/mol. The van der Waals surface area contributed by atoms with E-state index >= 15 is 0 Å². The quantitative estimate of drug-likeness (QED) is 0.449. The van der Waals surface area contributed by atoms with Crippen LogP contribution >= 0.6 is 0 Å². The number of nitrogens with one attached hydrogen (secondary N) is 1. The number of esters is 1. The molecule has 2 atom stereocenters. The molecule has 6 nitrogen and oxygen atoms in total. The van der Waals surface area contributed by atoms with Gasteiger partial charge in [-0.2, -0.15) is 0 Å². The Morgan fingerprint density at radius 2 is 1.69 bits per heavy atom. The Balaban J connectivity index is 1.68. The zero-order valence-corrected chi connectivity index (χ0v) is 22.7. The second kappa shape index (κ2) is 11.7. The van der Waals surface area contributed by atoms with Crippen molar-refractivity contribution in [2.45, 2.75) is 97.7 Å². The van der Waals surface area contributed by atoms with Gasteiger partial charge in [-0.15, -0.1) is 0 Å². The normalized spacial score (nSPS) is 20.4. The highest BCUT2D eigenvalue weighted by atomic mass is 16.6. The SMILES string of the molecule is CC(C)(C)OC(=O)[C@@H](Cc1cccc(NCC2CCCCC2)c1)[C@H]1CCN(C(=O)OC(C)(C)C)C1. The summed E-state index contributed by atoms with van der Waals surface area (Å²) >= 11 is 0. The van der Waals surface area contributed by atoms with E-state index in [1.807, 2.05) is 41.5 Å². The minimum absolute atomic E-state index is 0.0382. The van der Waals surface area contributed by atoms with Crippen LogP contribution in [-0.4, -0.2) is 47.8 Å². The van der Waals surface area contributed by atoms with Gasteiger partial charge in [0.15, 0.2) is 0 Å². The van der Waals surface area contributed by atoms with E-state index in [1.54, 1.807) is 4.90 Å². The lowest BCUT2D eigenvalue weighted by Crippen LogP contribution is -2.38. The maximum atomic E-state index is 13.3. The predicted molar refractivity (Wildman–Crippen MR) is 140 cm³/mol. The second-order valence-electron chi connectivity index (χ2n) is 12.4. The zero-order valence-electron chi connectivity index (χ0n) is 22.7. The summed E-state index contributed by atoms with van der Waals surface area (Å²) in [6.07, 6.45) is 7.72. The van der Waals surface area contributed by atoms with Crippen LogP contribution in [0.5, 0.6) is 0 Å². The Kier molecular flexibility index (Phi) is 9.11. The highest BCUT2D eigenvalue weighted by Gasteiger charge is 2.39. The number of likely N-dealkylation sites (tertiary alicyclic amines) is 1. The van der Waals surface area contributed by atoms with Gasteiger partial charge in [0.05, 0.1) is 5.92 Å². The molecule has 1 aliphatic carbocycles. The highest BCUT2D eigenvalue weighted by Crippen LogP contribution is 2.31. The molecule has 0 radical (unpaired) electrons. The van der Waals surface area contributed by atoms with E-state index in [0.717, 1.165) is 30.1 Å². The van der Waals surface area contributed by atoms with Gasteiger partial charge in [-0.1, -0.05) is 31.4 Å². The maximum Gasteiger partial charge on any atom is 0.410 e. The minimum Gasteiger partial charge on any atom is -0.460 e. The number of benzene rings is 1. The van der Waals surface area contributed by atoms with Crippen molar-refractivity contribution < 1.29 is 19.1 Å². The molecule has 3 rings (SSSR count). The Morgan fingerprint density at radius 1 is 1.00 bits per heavy atom. The third-order valence-electron chi connectivity index (χ3n) is 6.86. The van der Waals surface area contributed by atoms with Crippen molar-refractivity contribution in [2.75, 3.05) is 25.0 Å². The van der Waals surface area contributed by atoms with Crippen molar-refractivity contribution in [3.8, 4) is 0 Å². The standard InChI is InChI=1S/C29H46N2O4/c1-28(2,3)34-26(32)25(23-15-16-31(20-23)27(33)35-29(4,5)6)18-22-13-10-14-24(17-22)30-19-21-11-8-7-9-12-21/h10,13-14,17,21,23,25,30H,7-9,11-12,15-16,18-20H2,1-6H3/t23-,25-/m0/s1. The van der Waals surface area contributed by atoms with Gasteiger partial charge in [0.2, 0.25) is 0 Å². The lowest BCUT2D eigenvalue weighted by molar-refractivity contribution is -0.161. The van der Waals surface area contributed by atoms with E-state index in [9.17, 15) is 9.59 Å². The summed E-state index contributed by atoms with van der Waals surface area (Å²) in [5.74, 6) is 0.292. The Hall–Kier alpha value is -2.24. The summed E-state index contributed by atoms with van der Waals surface area (Å²) in [5, 5.41) is 3.62. The van der Waals surface area contributed by atoms with Crippen molar-refractivity contribution >= 4 is 17.7 Å². The molecule has 1 aliphatic heterocycles. The minimum atomic E-state index is -0.553. The molecule has 1 amide bonds. The van der Waals surface area contributed by atoms with Crippen LogP contribution in [0.25, 0.3) is 0 Å². The zero-order chi connectivity index (χ0) is 25.6. The third kappa shape index (κ3) is 9.05. The van der Waals surface area contributed by atoms with Gasteiger partial charge < -0.3 is 19.7 Å². The summed E-state index contributed by atoms with van der Waals surface area (Å²) in [4.78, 5) is 27.6. The molecule has 35 heavy (non-hydrogen) atoms. The smallest absolute Gasteiger partial charge is 0.410 e. The van der Waals surface area contributed by atoms with Gasteiger partial charge >= 0.3 is 12.1 Å². The topological polar surface area (TPSA) is 67.9 Å². The van der Waals surface area contributed by atoms with Crippen molar-refractivity contribution in [1.29, 1.82) is 0 Å². The lowest BCUT2D eigenvalue weighted by Gasteiger charge is -2.28. The number of nitrogens with zero attached hydrogens (tertiary/aromatic N) is 1. The summed E-state index contributed by atoms with van der Waals surface area (Å²) in [6, 6.07) is 8.42. The number of hydrogen-bond donors (Lipinski definition) is 1. The van der Waals surface area contributed by atoms with E-state index < -0.39 is 11.2 Å². The van der Waals surface area contributed by atoms with E-state index in [2.05, 4.69) is 29.6 Å². The molecule has 6 heteroatoms. The van der Waals surface area contributed by atoms with Crippen LogP contribution in [0.15, 0.2) is 24.3 Å². The van der Waals surface area contributed by atoms with Crippen molar-refractivity contribution in [1.82, 2.24) is 4.90 Å². The molecule has 2 aliphatic rings. The molecular formula is C29H46N2O4. The Labute approximate surface area is 212 Å². The number of anilines is 1. The summed E-state index contributed by atoms with van der Waals surface area (Å²) in [5.41, 5.74) is 1.13. The van der Waals surface area contributed by atoms with Gasteiger partial charge in [0.25, 0.3) is 0 Å². The predicted octanol–water partition coefficient (Wildman–Crippen LogP) is 6.44. The molecule has 1 saturated heterocycles. The van der Waals surface area contributed by atoms with Gasteiger partial charge in [-0.05, 0) is 96.8 Å². The van der Waals surface area contributed by atoms with E-state index in [-0.39, 0.29) is 23.9 Å². The highest BCUT2D eigenvalue weighted by molar-refractivity contribution is 5.74. The van der Waals surface area contributed by atoms with Crippen LogP contribution in [0.4, 0.5) is 10.5 Å².